The molecular weight excluding hydrogens is 436 g/mol. The summed E-state index contributed by atoms with van der Waals surface area (Å²) in [6, 6.07) is 11.7. The molecule has 0 saturated heterocycles. The lowest BCUT2D eigenvalue weighted by atomic mass is 10.0. The quantitative estimate of drug-likeness (QED) is 0.463. The number of rotatable bonds is 3. The van der Waals surface area contributed by atoms with Gasteiger partial charge < -0.3 is 14.5 Å². The molecule has 180 valence electrons. The first-order chi connectivity index (χ1) is 16.0. The molecule has 3 aromatic rings. The van der Waals surface area contributed by atoms with Crippen molar-refractivity contribution in [3.63, 3.8) is 0 Å². The average Bonchev–Trinajstić information content (AvgIpc) is 3.10. The van der Waals surface area contributed by atoms with E-state index in [1.54, 1.807) is 26.8 Å². The van der Waals surface area contributed by atoms with Crippen LogP contribution in [0.4, 0.5) is 25.0 Å². The summed E-state index contributed by atoms with van der Waals surface area (Å²) >= 11 is 0. The second-order valence-corrected chi connectivity index (χ2v) is 9.95. The molecule has 2 aromatic carbocycles. The summed E-state index contributed by atoms with van der Waals surface area (Å²) in [4.78, 5) is 17.5. The van der Waals surface area contributed by atoms with Gasteiger partial charge in [0.25, 0.3) is 0 Å². The van der Waals surface area contributed by atoms with Gasteiger partial charge in [0.2, 0.25) is 0 Å². The van der Waals surface area contributed by atoms with E-state index in [1.165, 1.54) is 22.8 Å². The van der Waals surface area contributed by atoms with E-state index in [0.29, 0.717) is 19.5 Å². The zero-order valence-electron chi connectivity index (χ0n) is 20.6. The average molecular weight is 468 g/mol. The van der Waals surface area contributed by atoms with Crippen LogP contribution < -0.4 is 9.80 Å². The summed E-state index contributed by atoms with van der Waals surface area (Å²) in [5, 5.41) is 0. The highest BCUT2D eigenvalue weighted by atomic mass is 19.1. The van der Waals surface area contributed by atoms with Gasteiger partial charge in [0.05, 0.1) is 11.3 Å². The Morgan fingerprint density at radius 3 is 2.35 bits per heavy atom. The fourth-order valence-electron chi connectivity index (χ4n) is 4.40. The van der Waals surface area contributed by atoms with Crippen molar-refractivity contribution in [3.05, 3.63) is 70.9 Å². The van der Waals surface area contributed by atoms with Crippen molar-refractivity contribution in [1.29, 1.82) is 0 Å². The highest BCUT2D eigenvalue weighted by Crippen LogP contribution is 2.36. The molecule has 0 N–H and O–H groups in total. The highest BCUT2D eigenvalue weighted by molar-refractivity contribution is 5.82. The van der Waals surface area contributed by atoms with E-state index in [9.17, 15) is 13.6 Å². The smallest absolute Gasteiger partial charge is 0.419 e. The van der Waals surface area contributed by atoms with Crippen LogP contribution in [0.3, 0.4) is 0 Å². The number of aromatic nitrogens is 1. The molecular formula is C27H31F2N3O2. The number of nitrogens with zero attached hydrogens (tertiary/aromatic N) is 3. The summed E-state index contributed by atoms with van der Waals surface area (Å²) in [6.45, 7) is 8.56. The molecule has 34 heavy (non-hydrogen) atoms. The van der Waals surface area contributed by atoms with E-state index in [0.717, 1.165) is 28.2 Å². The van der Waals surface area contributed by atoms with E-state index >= 15 is 0 Å². The third-order valence-corrected chi connectivity index (χ3v) is 6.02. The minimum absolute atomic E-state index is 0.176. The molecule has 5 nitrogen and oxygen atoms in total. The molecule has 0 aliphatic carbocycles. The Labute approximate surface area is 199 Å². The lowest BCUT2D eigenvalue weighted by Gasteiger charge is -2.32. The largest absolute Gasteiger partial charge is 0.443 e. The summed E-state index contributed by atoms with van der Waals surface area (Å²) < 4.78 is 36.5. The summed E-state index contributed by atoms with van der Waals surface area (Å²) in [5.74, 6) is -1.43. The summed E-state index contributed by atoms with van der Waals surface area (Å²) in [5.41, 5.74) is 4.11. The SMILES string of the molecule is Cc1ccc(N(C)C)cc1N1CCc2c(cc(-c3c(F)cccc3F)n2C(=O)OC(C)(C)C)C1. The molecule has 0 bridgehead atoms. The summed E-state index contributed by atoms with van der Waals surface area (Å²) in [6.07, 6.45) is -0.0957. The normalized spacial score (nSPS) is 13.6. The maximum absolute atomic E-state index is 14.8. The Balaban J connectivity index is 1.81. The summed E-state index contributed by atoms with van der Waals surface area (Å²) in [7, 11) is 4.00. The molecule has 2 heterocycles. The van der Waals surface area contributed by atoms with Gasteiger partial charge >= 0.3 is 6.09 Å². The van der Waals surface area contributed by atoms with Gasteiger partial charge in [0.15, 0.2) is 0 Å². The molecule has 0 radical (unpaired) electrons. The number of carbonyl (C=O) groups excluding carboxylic acids is 1. The zero-order chi connectivity index (χ0) is 24.8. The van der Waals surface area contributed by atoms with Gasteiger partial charge in [-0.05, 0) is 69.2 Å². The third-order valence-electron chi connectivity index (χ3n) is 6.02. The van der Waals surface area contributed by atoms with Crippen molar-refractivity contribution in [1.82, 2.24) is 4.57 Å². The number of halogens is 2. The first-order valence-electron chi connectivity index (χ1n) is 11.4. The number of carbonyl (C=O) groups is 1. The van der Waals surface area contributed by atoms with Gasteiger partial charge in [-0.25, -0.2) is 18.1 Å². The van der Waals surface area contributed by atoms with E-state index < -0.39 is 23.3 Å². The topological polar surface area (TPSA) is 37.7 Å². The van der Waals surface area contributed by atoms with Crippen molar-refractivity contribution in [2.45, 2.75) is 46.3 Å². The van der Waals surface area contributed by atoms with Crippen molar-refractivity contribution in [2.24, 2.45) is 0 Å². The van der Waals surface area contributed by atoms with Gasteiger partial charge in [-0.2, -0.15) is 0 Å². The Kier molecular flexibility index (Phi) is 6.14. The minimum Gasteiger partial charge on any atom is -0.443 e. The van der Waals surface area contributed by atoms with Gasteiger partial charge in [-0.15, -0.1) is 0 Å². The molecule has 0 fully saturated rings. The third kappa shape index (κ3) is 4.52. The van der Waals surface area contributed by atoms with Gasteiger partial charge in [0.1, 0.15) is 17.2 Å². The monoisotopic (exact) mass is 467 g/mol. The molecule has 1 aromatic heterocycles. The Hall–Kier alpha value is -3.35. The van der Waals surface area contributed by atoms with Crippen LogP contribution >= 0.6 is 0 Å². The Bertz CT molecular complexity index is 1220. The molecule has 4 rings (SSSR count). The second kappa shape index (κ2) is 8.78. The van der Waals surface area contributed by atoms with Gasteiger partial charge in [0, 0.05) is 50.7 Å². The molecule has 1 aliphatic rings. The Morgan fingerprint density at radius 1 is 1.06 bits per heavy atom. The zero-order valence-corrected chi connectivity index (χ0v) is 20.6. The van der Waals surface area contributed by atoms with Crippen LogP contribution in [-0.4, -0.2) is 36.9 Å². The number of ether oxygens (including phenoxy) is 1. The van der Waals surface area contributed by atoms with E-state index in [-0.39, 0.29) is 11.3 Å². The van der Waals surface area contributed by atoms with Crippen molar-refractivity contribution >= 4 is 17.5 Å². The molecule has 1 aliphatic heterocycles. The number of fused-ring (bicyclic) bond motifs is 1. The lowest BCUT2D eigenvalue weighted by Crippen LogP contribution is -2.34. The maximum atomic E-state index is 14.8. The molecule has 0 amide bonds. The van der Waals surface area contributed by atoms with Crippen LogP contribution in [0.5, 0.6) is 0 Å². The number of benzene rings is 2. The first kappa shape index (κ1) is 23.8. The lowest BCUT2D eigenvalue weighted by molar-refractivity contribution is 0.0535. The van der Waals surface area contributed by atoms with Crippen LogP contribution in [0.15, 0.2) is 42.5 Å². The number of anilines is 2. The second-order valence-electron chi connectivity index (χ2n) is 9.95. The van der Waals surface area contributed by atoms with E-state index in [2.05, 4.69) is 34.9 Å². The first-order valence-corrected chi connectivity index (χ1v) is 11.4. The van der Waals surface area contributed by atoms with E-state index in [1.807, 2.05) is 14.1 Å². The number of hydrogen-bond acceptors (Lipinski definition) is 4. The molecule has 0 spiro atoms. The van der Waals surface area contributed by atoms with Crippen molar-refractivity contribution in [2.75, 3.05) is 30.4 Å². The predicted molar refractivity (Wildman–Crippen MR) is 132 cm³/mol. The molecule has 0 unspecified atom stereocenters. The maximum Gasteiger partial charge on any atom is 0.419 e. The van der Waals surface area contributed by atoms with Crippen LogP contribution in [0.1, 0.15) is 37.6 Å². The van der Waals surface area contributed by atoms with Crippen LogP contribution in [0.25, 0.3) is 11.3 Å². The van der Waals surface area contributed by atoms with Crippen LogP contribution in [0.2, 0.25) is 0 Å². The molecule has 0 saturated carbocycles. The molecule has 0 atom stereocenters. The minimum atomic E-state index is -0.746. The van der Waals surface area contributed by atoms with Crippen molar-refractivity contribution < 1.29 is 18.3 Å². The van der Waals surface area contributed by atoms with Crippen molar-refractivity contribution in [3.8, 4) is 11.3 Å². The fraction of sp³-hybridized carbons (Fsp3) is 0.370. The van der Waals surface area contributed by atoms with Crippen LogP contribution in [-0.2, 0) is 17.7 Å². The Morgan fingerprint density at radius 2 is 1.74 bits per heavy atom. The fourth-order valence-corrected chi connectivity index (χ4v) is 4.40. The van der Waals surface area contributed by atoms with Crippen LogP contribution in [0, 0.1) is 18.6 Å². The number of hydrogen-bond donors (Lipinski definition) is 0. The number of aryl methyl sites for hydroxylation is 1. The molecule has 7 heteroatoms. The standard InChI is InChI=1S/C27H31F2N3O2/c1-17-10-11-19(30(5)6)15-23(17)31-13-12-22-18(16-31)14-24(25-20(28)8-7-9-21(25)29)32(22)26(33)34-27(2,3)4/h7-11,14-15H,12-13,16H2,1-6H3. The van der Waals surface area contributed by atoms with Gasteiger partial charge in [-0.3, -0.25) is 0 Å². The van der Waals surface area contributed by atoms with E-state index in [4.69, 9.17) is 4.74 Å². The van der Waals surface area contributed by atoms with Gasteiger partial charge in [-0.1, -0.05) is 12.1 Å². The highest BCUT2D eigenvalue weighted by Gasteiger charge is 2.31. The predicted octanol–water partition coefficient (Wildman–Crippen LogP) is 6.15.